The van der Waals surface area contributed by atoms with Crippen LogP contribution in [0.5, 0.6) is 0 Å². The number of carbonyl (C=O) groups is 2. The molecule has 1 aromatic rings. The van der Waals surface area contributed by atoms with E-state index in [9.17, 15) is 18.4 Å². The Bertz CT molecular complexity index is 652. The fourth-order valence-corrected chi connectivity index (χ4v) is 3.57. The number of carbonyl (C=O) groups excluding carboxylic acids is 2. The van der Waals surface area contributed by atoms with E-state index in [1.807, 2.05) is 0 Å². The Morgan fingerprint density at radius 2 is 2.22 bits per heavy atom. The Hall–Kier alpha value is -2.12. The number of halogens is 2. The Balaban J connectivity index is 1.77. The second-order valence-electron chi connectivity index (χ2n) is 6.39. The molecule has 1 unspecified atom stereocenters. The van der Waals surface area contributed by atoms with Crippen molar-refractivity contribution >= 4 is 11.8 Å². The van der Waals surface area contributed by atoms with Crippen molar-refractivity contribution < 1.29 is 18.4 Å². The van der Waals surface area contributed by atoms with Gasteiger partial charge in [0, 0.05) is 31.6 Å². The Morgan fingerprint density at radius 3 is 2.87 bits per heavy atom. The molecule has 6 nitrogen and oxygen atoms in total. The van der Waals surface area contributed by atoms with Gasteiger partial charge in [0.25, 0.3) is 11.8 Å². The maximum atomic E-state index is 14.1. The number of amides is 2. The van der Waals surface area contributed by atoms with E-state index >= 15 is 0 Å². The second-order valence-corrected chi connectivity index (χ2v) is 6.39. The number of nitrogens with zero attached hydrogens (tertiary/aromatic N) is 2. The standard InChI is InChI=1S/C15H18F2N4O2/c1-9-18-4-2-11(20-9)12(22)21-10-6-14(3-5-19-13(14)23)8-15(16,17)7-10/h2,4,10H,3,5-8H2,1H3,(H,19,23)(H,21,22)/t10?,14-/m1/s1. The van der Waals surface area contributed by atoms with Gasteiger partial charge in [-0.25, -0.2) is 18.7 Å². The topological polar surface area (TPSA) is 84.0 Å². The molecule has 1 saturated carbocycles. The lowest BCUT2D eigenvalue weighted by Crippen LogP contribution is -2.51. The summed E-state index contributed by atoms with van der Waals surface area (Å²) in [6.07, 6.45) is 1.13. The van der Waals surface area contributed by atoms with Crippen LogP contribution in [0.3, 0.4) is 0 Å². The smallest absolute Gasteiger partial charge is 0.270 e. The highest BCUT2D eigenvalue weighted by Gasteiger charge is 2.55. The first-order valence-corrected chi connectivity index (χ1v) is 7.56. The van der Waals surface area contributed by atoms with Crippen LogP contribution in [0.15, 0.2) is 12.3 Å². The summed E-state index contributed by atoms with van der Waals surface area (Å²) in [4.78, 5) is 32.1. The van der Waals surface area contributed by atoms with Gasteiger partial charge in [-0.05, 0) is 25.8 Å². The first-order valence-electron chi connectivity index (χ1n) is 7.56. The molecule has 3 rings (SSSR count). The molecule has 2 atom stereocenters. The summed E-state index contributed by atoms with van der Waals surface area (Å²) in [6, 6.07) is 0.673. The molecular formula is C15H18F2N4O2. The number of alkyl halides is 2. The third kappa shape index (κ3) is 3.16. The fourth-order valence-electron chi connectivity index (χ4n) is 3.57. The minimum absolute atomic E-state index is 0.135. The van der Waals surface area contributed by atoms with Gasteiger partial charge < -0.3 is 10.6 Å². The number of hydrogen-bond acceptors (Lipinski definition) is 4. The molecule has 2 amide bonds. The van der Waals surface area contributed by atoms with Crippen LogP contribution in [0, 0.1) is 12.3 Å². The van der Waals surface area contributed by atoms with E-state index in [0.717, 1.165) is 0 Å². The average Bonchev–Trinajstić information content (AvgIpc) is 2.77. The minimum Gasteiger partial charge on any atom is -0.356 e. The van der Waals surface area contributed by atoms with Crippen molar-refractivity contribution in [2.45, 2.75) is 44.6 Å². The molecule has 2 fully saturated rings. The molecule has 1 aliphatic carbocycles. The molecule has 2 aliphatic rings. The number of hydrogen-bond donors (Lipinski definition) is 2. The van der Waals surface area contributed by atoms with Crippen LogP contribution >= 0.6 is 0 Å². The van der Waals surface area contributed by atoms with Gasteiger partial charge in [-0.15, -0.1) is 0 Å². The summed E-state index contributed by atoms with van der Waals surface area (Å²) in [6.45, 7) is 2.05. The highest BCUT2D eigenvalue weighted by atomic mass is 19.3. The van der Waals surface area contributed by atoms with Crippen molar-refractivity contribution in [3.8, 4) is 0 Å². The van der Waals surface area contributed by atoms with Gasteiger partial charge in [-0.3, -0.25) is 9.59 Å². The van der Waals surface area contributed by atoms with E-state index in [2.05, 4.69) is 20.6 Å². The second kappa shape index (κ2) is 5.50. The van der Waals surface area contributed by atoms with Crippen LogP contribution in [-0.4, -0.2) is 40.3 Å². The molecule has 2 heterocycles. The van der Waals surface area contributed by atoms with Crippen LogP contribution in [0.25, 0.3) is 0 Å². The summed E-state index contributed by atoms with van der Waals surface area (Å²) in [5, 5.41) is 5.23. The molecule has 124 valence electrons. The number of rotatable bonds is 2. The zero-order valence-corrected chi connectivity index (χ0v) is 12.7. The molecule has 23 heavy (non-hydrogen) atoms. The summed E-state index contributed by atoms with van der Waals surface area (Å²) < 4.78 is 28.2. The van der Waals surface area contributed by atoms with E-state index < -0.39 is 36.1 Å². The third-order valence-electron chi connectivity index (χ3n) is 4.49. The minimum atomic E-state index is -2.97. The molecule has 0 bridgehead atoms. The maximum Gasteiger partial charge on any atom is 0.270 e. The number of nitrogens with one attached hydrogen (secondary N) is 2. The lowest BCUT2D eigenvalue weighted by molar-refractivity contribution is -0.142. The molecule has 2 N–H and O–H groups in total. The van der Waals surface area contributed by atoms with Gasteiger partial charge in [0.2, 0.25) is 5.91 Å². The summed E-state index contributed by atoms with van der Waals surface area (Å²) in [7, 11) is 0. The van der Waals surface area contributed by atoms with E-state index in [1.54, 1.807) is 6.92 Å². The van der Waals surface area contributed by atoms with E-state index in [-0.39, 0.29) is 18.0 Å². The average molecular weight is 324 g/mol. The monoisotopic (exact) mass is 324 g/mol. The van der Waals surface area contributed by atoms with Crippen LogP contribution in [0.4, 0.5) is 8.78 Å². The quantitative estimate of drug-likeness (QED) is 0.856. The Kier molecular flexibility index (Phi) is 3.77. The van der Waals surface area contributed by atoms with Gasteiger partial charge in [-0.2, -0.15) is 0 Å². The normalized spacial score (nSPS) is 29.3. The predicted octanol–water partition coefficient (Wildman–Crippen LogP) is 1.21. The van der Waals surface area contributed by atoms with Gasteiger partial charge >= 0.3 is 0 Å². The van der Waals surface area contributed by atoms with Gasteiger partial charge in [0.15, 0.2) is 0 Å². The zero-order chi connectivity index (χ0) is 16.7. The molecule has 0 aromatic carbocycles. The molecule has 1 spiro atoms. The summed E-state index contributed by atoms with van der Waals surface area (Å²) in [5.41, 5.74) is -0.947. The molecule has 0 radical (unpaired) electrons. The van der Waals surface area contributed by atoms with E-state index in [1.165, 1.54) is 12.3 Å². The fraction of sp³-hybridized carbons (Fsp3) is 0.600. The molecular weight excluding hydrogens is 306 g/mol. The van der Waals surface area contributed by atoms with Crippen LogP contribution < -0.4 is 10.6 Å². The van der Waals surface area contributed by atoms with Crippen molar-refractivity contribution in [2.24, 2.45) is 5.41 Å². The Morgan fingerprint density at radius 1 is 1.43 bits per heavy atom. The Labute approximate surface area is 132 Å². The van der Waals surface area contributed by atoms with Gasteiger partial charge in [-0.1, -0.05) is 0 Å². The first-order chi connectivity index (χ1) is 10.8. The van der Waals surface area contributed by atoms with Crippen LogP contribution in [0.1, 0.15) is 42.0 Å². The van der Waals surface area contributed by atoms with Crippen LogP contribution in [0.2, 0.25) is 0 Å². The van der Waals surface area contributed by atoms with Crippen molar-refractivity contribution in [2.75, 3.05) is 6.54 Å². The highest BCUT2D eigenvalue weighted by molar-refractivity contribution is 5.92. The number of aromatic nitrogens is 2. The first kappa shape index (κ1) is 15.8. The third-order valence-corrected chi connectivity index (χ3v) is 4.49. The van der Waals surface area contributed by atoms with Crippen molar-refractivity contribution in [3.63, 3.8) is 0 Å². The van der Waals surface area contributed by atoms with E-state index in [0.29, 0.717) is 18.8 Å². The van der Waals surface area contributed by atoms with Gasteiger partial charge in [0.05, 0.1) is 5.41 Å². The summed E-state index contributed by atoms with van der Waals surface area (Å²) >= 11 is 0. The molecule has 1 aromatic heterocycles. The highest BCUT2D eigenvalue weighted by Crippen LogP contribution is 2.48. The zero-order valence-electron chi connectivity index (χ0n) is 12.7. The lowest BCUT2D eigenvalue weighted by Gasteiger charge is -2.40. The van der Waals surface area contributed by atoms with Gasteiger partial charge in [0.1, 0.15) is 11.5 Å². The maximum absolute atomic E-state index is 14.1. The predicted molar refractivity (Wildman–Crippen MR) is 76.9 cm³/mol. The van der Waals surface area contributed by atoms with Crippen molar-refractivity contribution in [1.82, 2.24) is 20.6 Å². The van der Waals surface area contributed by atoms with E-state index in [4.69, 9.17) is 0 Å². The lowest BCUT2D eigenvalue weighted by atomic mass is 9.69. The SMILES string of the molecule is Cc1nccc(C(=O)NC2CC(F)(F)C[C@@]3(CCNC3=O)C2)n1. The summed E-state index contributed by atoms with van der Waals surface area (Å²) in [5.74, 6) is -3.40. The molecule has 1 saturated heterocycles. The van der Waals surface area contributed by atoms with Crippen molar-refractivity contribution in [1.29, 1.82) is 0 Å². The largest absolute Gasteiger partial charge is 0.356 e. The number of aryl methyl sites for hydroxylation is 1. The van der Waals surface area contributed by atoms with Crippen molar-refractivity contribution in [3.05, 3.63) is 23.8 Å². The van der Waals surface area contributed by atoms with Crippen LogP contribution in [-0.2, 0) is 4.79 Å². The molecule has 1 aliphatic heterocycles. The molecule has 8 heteroatoms.